The van der Waals surface area contributed by atoms with Crippen molar-refractivity contribution in [3.63, 3.8) is 0 Å². The van der Waals surface area contributed by atoms with Crippen LogP contribution in [0.2, 0.25) is 0 Å². The van der Waals surface area contributed by atoms with Crippen molar-refractivity contribution in [2.45, 2.75) is 30.9 Å². The summed E-state index contributed by atoms with van der Waals surface area (Å²) >= 11 is 0. The molecule has 0 saturated carbocycles. The number of rotatable bonds is 2. The number of hydrogen-bond donors (Lipinski definition) is 3. The van der Waals surface area contributed by atoms with Crippen LogP contribution in [-0.2, 0) is 4.74 Å². The third-order valence-corrected chi connectivity index (χ3v) is 3.28. The molecular weight excluding hydrogens is 252 g/mol. The number of nitrogens with zero attached hydrogens (tertiary/aromatic N) is 3. The Balaban J connectivity index is 2.49. The molecule has 4 atom stereocenters. The van der Waals surface area contributed by atoms with Gasteiger partial charge in [0, 0.05) is 13.1 Å². The van der Waals surface area contributed by atoms with Crippen molar-refractivity contribution < 1.29 is 14.9 Å². The maximum atomic E-state index is 11.8. The van der Waals surface area contributed by atoms with E-state index in [9.17, 15) is 9.90 Å². The Morgan fingerprint density at radius 1 is 1.74 bits per heavy atom. The van der Waals surface area contributed by atoms with Crippen LogP contribution < -0.4 is 11.4 Å². The summed E-state index contributed by atoms with van der Waals surface area (Å²) in [7, 11) is 0. The Hall–Kier alpha value is -1.95. The van der Waals surface area contributed by atoms with E-state index in [1.54, 1.807) is 0 Å². The van der Waals surface area contributed by atoms with Crippen molar-refractivity contribution in [1.82, 2.24) is 9.55 Å². The van der Waals surface area contributed by atoms with E-state index in [0.717, 1.165) is 4.57 Å². The molecule has 0 spiro atoms. The van der Waals surface area contributed by atoms with E-state index in [0.29, 0.717) is 0 Å². The molecular formula is C11H14N4O4. The van der Waals surface area contributed by atoms with E-state index < -0.39 is 36.3 Å². The molecule has 0 aliphatic carbocycles. The fourth-order valence-corrected chi connectivity index (χ4v) is 2.12. The highest BCUT2D eigenvalue weighted by atomic mass is 16.5. The van der Waals surface area contributed by atoms with Crippen LogP contribution in [0.3, 0.4) is 0 Å². The van der Waals surface area contributed by atoms with Crippen molar-refractivity contribution in [2.75, 3.05) is 12.3 Å². The third kappa shape index (κ3) is 1.98. The molecule has 1 aromatic rings. The van der Waals surface area contributed by atoms with Gasteiger partial charge in [0.2, 0.25) is 6.23 Å². The van der Waals surface area contributed by atoms with Crippen molar-refractivity contribution in [3.8, 4) is 0 Å². The van der Waals surface area contributed by atoms with Crippen molar-refractivity contribution in [3.05, 3.63) is 34.2 Å². The molecule has 2 rings (SSSR count). The van der Waals surface area contributed by atoms with Gasteiger partial charge in [0.15, 0.2) is 6.10 Å². The maximum absolute atomic E-state index is 11.8. The number of aliphatic hydroxyl groups excluding tert-OH is 2. The quantitative estimate of drug-likeness (QED) is 0.576. The van der Waals surface area contributed by atoms with Crippen LogP contribution in [0.15, 0.2) is 17.1 Å². The highest BCUT2D eigenvalue weighted by Crippen LogP contribution is 2.40. The van der Waals surface area contributed by atoms with Crippen LogP contribution in [0.5, 0.6) is 0 Å². The number of aromatic nitrogens is 2. The Morgan fingerprint density at radius 3 is 2.95 bits per heavy atom. The van der Waals surface area contributed by atoms with Gasteiger partial charge in [-0.15, -0.1) is 0 Å². The lowest BCUT2D eigenvalue weighted by Gasteiger charge is -2.21. The summed E-state index contributed by atoms with van der Waals surface area (Å²) in [5.41, 5.74) is 3.34. The zero-order valence-electron chi connectivity index (χ0n) is 10.2. The molecule has 19 heavy (non-hydrogen) atoms. The minimum absolute atomic E-state index is 0.0584. The Bertz CT molecular complexity index is 581. The van der Waals surface area contributed by atoms with E-state index in [4.69, 9.17) is 22.1 Å². The largest absolute Gasteiger partial charge is 0.394 e. The molecule has 1 saturated heterocycles. The van der Waals surface area contributed by atoms with Crippen LogP contribution in [0.1, 0.15) is 13.2 Å². The third-order valence-electron chi connectivity index (χ3n) is 3.28. The number of anilines is 1. The van der Waals surface area contributed by atoms with Crippen LogP contribution in [0.4, 0.5) is 5.82 Å². The molecule has 1 aromatic heterocycles. The summed E-state index contributed by atoms with van der Waals surface area (Å²) in [5.74, 6) is 0.0584. The first-order chi connectivity index (χ1) is 8.93. The summed E-state index contributed by atoms with van der Waals surface area (Å²) in [6.45, 7) is 8.25. The lowest BCUT2D eigenvalue weighted by atomic mass is 9.93. The standard InChI is InChI=1S/C11H14N4O4/c1-11(13-2)8(17)6(5-16)19-9(11)15-4-3-7(12)14-10(15)18/h3-4,6,8-9,16-17H,5H2,1H3,(H2,12,14,18)/t6-,8-,9?,11-/m1/s1. The van der Waals surface area contributed by atoms with Crippen molar-refractivity contribution in [2.24, 2.45) is 0 Å². The molecule has 1 unspecified atom stereocenters. The molecule has 1 aliphatic rings. The van der Waals surface area contributed by atoms with Gasteiger partial charge in [-0.05, 0) is 6.07 Å². The lowest BCUT2D eigenvalue weighted by molar-refractivity contribution is -0.0476. The number of nitrogens with two attached hydrogens (primary N) is 1. The van der Waals surface area contributed by atoms with E-state index in [1.807, 2.05) is 0 Å². The van der Waals surface area contributed by atoms with E-state index in [1.165, 1.54) is 19.2 Å². The normalized spacial score (nSPS) is 34.1. The highest BCUT2D eigenvalue weighted by Gasteiger charge is 2.60. The Kier molecular flexibility index (Phi) is 3.28. The van der Waals surface area contributed by atoms with Crippen LogP contribution >= 0.6 is 0 Å². The molecule has 8 heteroatoms. The molecule has 0 aromatic carbocycles. The van der Waals surface area contributed by atoms with Gasteiger partial charge in [-0.2, -0.15) is 4.98 Å². The van der Waals surface area contributed by atoms with Gasteiger partial charge in [-0.25, -0.2) is 11.4 Å². The van der Waals surface area contributed by atoms with E-state index >= 15 is 0 Å². The number of aliphatic hydroxyl groups is 2. The summed E-state index contributed by atoms with van der Waals surface area (Å²) in [5, 5.41) is 19.2. The fraction of sp³-hybridized carbons (Fsp3) is 0.545. The van der Waals surface area contributed by atoms with E-state index in [-0.39, 0.29) is 5.82 Å². The maximum Gasteiger partial charge on any atom is 0.351 e. The minimum atomic E-state index is -1.38. The minimum Gasteiger partial charge on any atom is -0.394 e. The smallest absolute Gasteiger partial charge is 0.351 e. The lowest BCUT2D eigenvalue weighted by Crippen LogP contribution is -2.43. The summed E-state index contributed by atoms with van der Waals surface area (Å²) in [6, 6.07) is 1.40. The molecule has 1 fully saturated rings. The second kappa shape index (κ2) is 4.62. The second-order valence-corrected chi connectivity index (χ2v) is 4.53. The van der Waals surface area contributed by atoms with E-state index in [2.05, 4.69) is 9.83 Å². The molecule has 0 bridgehead atoms. The van der Waals surface area contributed by atoms with Gasteiger partial charge >= 0.3 is 11.2 Å². The van der Waals surface area contributed by atoms with Crippen molar-refractivity contribution in [1.29, 1.82) is 0 Å². The highest BCUT2D eigenvalue weighted by molar-refractivity contribution is 5.24. The zero-order chi connectivity index (χ0) is 14.2. The van der Waals surface area contributed by atoms with Crippen LogP contribution in [-0.4, -0.2) is 44.1 Å². The van der Waals surface area contributed by atoms with Gasteiger partial charge in [-0.3, -0.25) is 4.57 Å². The van der Waals surface area contributed by atoms with Crippen LogP contribution in [0, 0.1) is 6.57 Å². The SMILES string of the molecule is [C-]#[N+][C@@]1(C)C(n2ccc(N)nc2=O)O[C@H](CO)[C@H]1O. The summed E-state index contributed by atoms with van der Waals surface area (Å²) in [6.07, 6.45) is -1.80. The summed E-state index contributed by atoms with van der Waals surface area (Å²) in [4.78, 5) is 18.7. The average Bonchev–Trinajstić information content (AvgIpc) is 2.63. The monoisotopic (exact) mass is 266 g/mol. The predicted octanol–water partition coefficient (Wildman–Crippen LogP) is -1.25. The molecule has 0 radical (unpaired) electrons. The molecule has 0 amide bonds. The zero-order valence-corrected chi connectivity index (χ0v) is 10.2. The second-order valence-electron chi connectivity index (χ2n) is 4.53. The molecule has 2 heterocycles. The Labute approximate surface area is 108 Å². The number of ether oxygens (including phenoxy) is 1. The van der Waals surface area contributed by atoms with Gasteiger partial charge in [0.1, 0.15) is 11.9 Å². The topological polar surface area (TPSA) is 115 Å². The first kappa shape index (κ1) is 13.5. The van der Waals surface area contributed by atoms with Gasteiger partial charge in [-0.1, -0.05) is 0 Å². The Morgan fingerprint density at radius 2 is 2.42 bits per heavy atom. The number of nitrogen functional groups attached to an aromatic ring is 1. The van der Waals surface area contributed by atoms with Gasteiger partial charge < -0.3 is 25.5 Å². The first-order valence-electron chi connectivity index (χ1n) is 5.61. The molecule has 4 N–H and O–H groups in total. The van der Waals surface area contributed by atoms with Crippen molar-refractivity contribution >= 4 is 5.82 Å². The molecule has 102 valence electrons. The first-order valence-corrected chi connectivity index (χ1v) is 5.61. The molecule has 8 nitrogen and oxygen atoms in total. The van der Waals surface area contributed by atoms with Gasteiger partial charge in [0.25, 0.3) is 0 Å². The van der Waals surface area contributed by atoms with Crippen LogP contribution in [0.25, 0.3) is 4.85 Å². The predicted molar refractivity (Wildman–Crippen MR) is 64.9 cm³/mol. The van der Waals surface area contributed by atoms with Gasteiger partial charge in [0.05, 0.1) is 6.61 Å². The average molecular weight is 266 g/mol. The summed E-state index contributed by atoms with van der Waals surface area (Å²) < 4.78 is 6.50. The number of hydrogen-bond acceptors (Lipinski definition) is 6. The fourth-order valence-electron chi connectivity index (χ4n) is 2.12. The molecule has 1 aliphatic heterocycles.